The van der Waals surface area contributed by atoms with Gasteiger partial charge in [-0.3, -0.25) is 4.99 Å². The Morgan fingerprint density at radius 3 is 2.31 bits per heavy atom. The number of halogens is 1. The van der Waals surface area contributed by atoms with Crippen LogP contribution >= 0.6 is 11.6 Å². The van der Waals surface area contributed by atoms with E-state index < -0.39 is 0 Å². The quantitative estimate of drug-likeness (QED) is 0.646. The first kappa shape index (κ1) is 20.9. The van der Waals surface area contributed by atoms with Crippen LogP contribution in [0.15, 0.2) is 71.3 Å². The summed E-state index contributed by atoms with van der Waals surface area (Å²) >= 11 is 6.52. The SMILES string of the molecule is CCN=C1C=CC(=C(c2ccc(NC)c(Cl)c2)c2ccc(N(C)C)cc2C)C=C1. The summed E-state index contributed by atoms with van der Waals surface area (Å²) in [4.78, 5) is 6.61. The average molecular weight is 406 g/mol. The monoisotopic (exact) mass is 405 g/mol. The third-order valence-electron chi connectivity index (χ3n) is 5.02. The van der Waals surface area contributed by atoms with E-state index in [1.807, 2.05) is 26.1 Å². The molecule has 2 aromatic carbocycles. The van der Waals surface area contributed by atoms with Crippen LogP contribution in [0.1, 0.15) is 23.6 Å². The molecule has 1 aliphatic rings. The first-order valence-electron chi connectivity index (χ1n) is 9.85. The lowest BCUT2D eigenvalue weighted by molar-refractivity contribution is 1.13. The van der Waals surface area contributed by atoms with Gasteiger partial charge < -0.3 is 10.2 Å². The number of aliphatic imine (C=N–C) groups is 1. The van der Waals surface area contributed by atoms with E-state index in [0.29, 0.717) is 5.02 Å². The lowest BCUT2D eigenvalue weighted by atomic mass is 9.88. The largest absolute Gasteiger partial charge is 0.387 e. The van der Waals surface area contributed by atoms with E-state index in [9.17, 15) is 0 Å². The highest BCUT2D eigenvalue weighted by Crippen LogP contribution is 2.35. The van der Waals surface area contributed by atoms with E-state index >= 15 is 0 Å². The Kier molecular flexibility index (Phi) is 6.60. The summed E-state index contributed by atoms with van der Waals surface area (Å²) in [5.41, 5.74) is 8.94. The van der Waals surface area contributed by atoms with Crippen LogP contribution in [0.25, 0.3) is 5.57 Å². The minimum atomic E-state index is 0.711. The van der Waals surface area contributed by atoms with Crippen LogP contribution in [0, 0.1) is 6.92 Å². The second-order valence-corrected chi connectivity index (χ2v) is 7.64. The molecule has 0 bridgehead atoms. The summed E-state index contributed by atoms with van der Waals surface area (Å²) in [6.07, 6.45) is 8.43. The van der Waals surface area contributed by atoms with Crippen molar-refractivity contribution < 1.29 is 0 Å². The molecule has 29 heavy (non-hydrogen) atoms. The molecule has 1 aliphatic carbocycles. The lowest BCUT2D eigenvalue weighted by Gasteiger charge is -2.19. The number of hydrogen-bond donors (Lipinski definition) is 1. The van der Waals surface area contributed by atoms with Gasteiger partial charge in [-0.2, -0.15) is 0 Å². The predicted molar refractivity (Wildman–Crippen MR) is 129 cm³/mol. The first-order valence-corrected chi connectivity index (χ1v) is 10.2. The summed E-state index contributed by atoms with van der Waals surface area (Å²) in [5.74, 6) is 0. The van der Waals surface area contributed by atoms with Crippen LogP contribution in [-0.2, 0) is 0 Å². The fraction of sp³-hybridized carbons (Fsp3) is 0.240. The summed E-state index contributed by atoms with van der Waals surface area (Å²) in [6, 6.07) is 12.8. The Morgan fingerprint density at radius 1 is 1.03 bits per heavy atom. The van der Waals surface area contributed by atoms with E-state index in [-0.39, 0.29) is 0 Å². The molecular weight excluding hydrogens is 378 g/mol. The number of nitrogens with zero attached hydrogens (tertiary/aromatic N) is 2. The second-order valence-electron chi connectivity index (χ2n) is 7.23. The molecule has 0 spiro atoms. The van der Waals surface area contributed by atoms with E-state index in [0.717, 1.165) is 29.1 Å². The van der Waals surface area contributed by atoms with Crippen molar-refractivity contribution in [3.05, 3.63) is 88.0 Å². The first-order chi connectivity index (χ1) is 13.9. The normalized spacial score (nSPS) is 12.9. The molecule has 1 N–H and O–H groups in total. The van der Waals surface area contributed by atoms with Crippen molar-refractivity contribution in [1.29, 1.82) is 0 Å². The highest BCUT2D eigenvalue weighted by atomic mass is 35.5. The summed E-state index contributed by atoms with van der Waals surface area (Å²) in [7, 11) is 6.00. The number of nitrogens with one attached hydrogen (secondary N) is 1. The summed E-state index contributed by atoms with van der Waals surface area (Å²) in [6.45, 7) is 4.99. The second kappa shape index (κ2) is 9.15. The molecule has 0 aliphatic heterocycles. The molecule has 0 amide bonds. The molecule has 0 aromatic heterocycles. The van der Waals surface area contributed by atoms with E-state index in [4.69, 9.17) is 11.6 Å². The predicted octanol–water partition coefficient (Wildman–Crippen LogP) is 6.14. The molecule has 0 fully saturated rings. The Morgan fingerprint density at radius 2 is 1.76 bits per heavy atom. The highest BCUT2D eigenvalue weighted by molar-refractivity contribution is 6.33. The third-order valence-corrected chi connectivity index (χ3v) is 5.33. The minimum absolute atomic E-state index is 0.711. The Balaban J connectivity index is 2.20. The fourth-order valence-electron chi connectivity index (χ4n) is 3.47. The molecule has 0 saturated heterocycles. The van der Waals surface area contributed by atoms with Crippen molar-refractivity contribution in [3.8, 4) is 0 Å². The fourth-order valence-corrected chi connectivity index (χ4v) is 3.75. The van der Waals surface area contributed by atoms with Gasteiger partial charge in [-0.25, -0.2) is 0 Å². The van der Waals surface area contributed by atoms with Gasteiger partial charge in [-0.15, -0.1) is 0 Å². The summed E-state index contributed by atoms with van der Waals surface area (Å²) in [5, 5.41) is 3.85. The average Bonchev–Trinajstić information content (AvgIpc) is 2.71. The van der Waals surface area contributed by atoms with E-state index in [2.05, 4.69) is 84.8 Å². The smallest absolute Gasteiger partial charge is 0.0643 e. The van der Waals surface area contributed by atoms with Gasteiger partial charge >= 0.3 is 0 Å². The van der Waals surface area contributed by atoms with Crippen molar-refractivity contribution in [2.45, 2.75) is 13.8 Å². The zero-order valence-corrected chi connectivity index (χ0v) is 18.5. The Bertz CT molecular complexity index is 1010. The molecule has 2 aromatic rings. The van der Waals surface area contributed by atoms with Crippen molar-refractivity contribution >= 4 is 34.3 Å². The third kappa shape index (κ3) is 4.63. The van der Waals surface area contributed by atoms with E-state index in [1.54, 1.807) is 0 Å². The molecule has 0 unspecified atom stereocenters. The van der Waals surface area contributed by atoms with Crippen LogP contribution in [0.3, 0.4) is 0 Å². The van der Waals surface area contributed by atoms with Crippen LogP contribution in [0.4, 0.5) is 11.4 Å². The van der Waals surface area contributed by atoms with Gasteiger partial charge in [0.2, 0.25) is 0 Å². The maximum atomic E-state index is 6.52. The maximum absolute atomic E-state index is 6.52. The van der Waals surface area contributed by atoms with Gasteiger partial charge in [0.05, 0.1) is 16.4 Å². The van der Waals surface area contributed by atoms with Crippen LogP contribution in [0.2, 0.25) is 5.02 Å². The van der Waals surface area contributed by atoms with Crippen molar-refractivity contribution in [3.63, 3.8) is 0 Å². The van der Waals surface area contributed by atoms with Gasteiger partial charge in [0.1, 0.15) is 0 Å². The summed E-state index contributed by atoms with van der Waals surface area (Å²) < 4.78 is 0. The zero-order chi connectivity index (χ0) is 21.0. The molecule has 3 nitrogen and oxygen atoms in total. The Hall–Kier alpha value is -2.78. The molecule has 0 atom stereocenters. The number of allylic oxidation sites excluding steroid dienone is 5. The van der Waals surface area contributed by atoms with E-state index in [1.165, 1.54) is 22.4 Å². The molecule has 3 rings (SSSR count). The minimum Gasteiger partial charge on any atom is -0.387 e. The van der Waals surface area contributed by atoms with Crippen molar-refractivity contribution in [2.75, 3.05) is 37.9 Å². The number of hydrogen-bond acceptors (Lipinski definition) is 3. The molecular formula is C25H28ClN3. The Labute approximate surface area is 179 Å². The highest BCUT2D eigenvalue weighted by Gasteiger charge is 2.15. The van der Waals surface area contributed by atoms with Crippen LogP contribution in [0.5, 0.6) is 0 Å². The van der Waals surface area contributed by atoms with Crippen molar-refractivity contribution in [2.24, 2.45) is 4.99 Å². The van der Waals surface area contributed by atoms with Crippen LogP contribution < -0.4 is 10.2 Å². The number of benzene rings is 2. The molecule has 150 valence electrons. The standard InChI is InChI=1S/C25H28ClN3/c1-6-28-20-10-7-18(8-11-20)25(19-9-14-24(27-3)23(26)16-19)22-13-12-21(29(4)5)15-17(22)2/h7-16,27H,6H2,1-5H3. The lowest BCUT2D eigenvalue weighted by Crippen LogP contribution is -2.09. The van der Waals surface area contributed by atoms with Gasteiger partial charge in [-0.1, -0.05) is 35.9 Å². The molecule has 0 heterocycles. The van der Waals surface area contributed by atoms with Gasteiger partial charge in [0.25, 0.3) is 0 Å². The maximum Gasteiger partial charge on any atom is 0.0643 e. The number of anilines is 2. The number of rotatable bonds is 5. The molecule has 0 saturated carbocycles. The zero-order valence-electron chi connectivity index (χ0n) is 17.8. The van der Waals surface area contributed by atoms with Crippen molar-refractivity contribution in [1.82, 2.24) is 0 Å². The van der Waals surface area contributed by atoms with Gasteiger partial charge in [0.15, 0.2) is 0 Å². The topological polar surface area (TPSA) is 27.6 Å². The van der Waals surface area contributed by atoms with Gasteiger partial charge in [-0.05, 0) is 78.1 Å². The van der Waals surface area contributed by atoms with Crippen LogP contribution in [-0.4, -0.2) is 33.4 Å². The molecule has 4 heteroatoms. The van der Waals surface area contributed by atoms with Gasteiger partial charge in [0, 0.05) is 33.4 Å². The number of aryl methyl sites for hydroxylation is 1. The molecule has 0 radical (unpaired) electrons.